The number of hydrogen-bond donors (Lipinski definition) is 0. The van der Waals surface area contributed by atoms with E-state index in [-0.39, 0.29) is 0 Å². The van der Waals surface area contributed by atoms with Gasteiger partial charge in [-0.1, -0.05) is 13.3 Å². The van der Waals surface area contributed by atoms with E-state index >= 15 is 0 Å². The molecule has 1 saturated heterocycles. The first-order chi connectivity index (χ1) is 7.85. The molecule has 1 fully saturated rings. The van der Waals surface area contributed by atoms with Gasteiger partial charge in [-0.25, -0.2) is 0 Å². The number of rotatable bonds is 3. The van der Waals surface area contributed by atoms with Gasteiger partial charge in [0.05, 0.1) is 5.88 Å². The SMILES string of the molecule is CCC1CCN(c2ccncc2CCl)CC1. The summed E-state index contributed by atoms with van der Waals surface area (Å²) < 4.78 is 0. The van der Waals surface area contributed by atoms with Gasteiger partial charge in [0.25, 0.3) is 0 Å². The zero-order valence-corrected chi connectivity index (χ0v) is 10.6. The van der Waals surface area contributed by atoms with Crippen LogP contribution >= 0.6 is 11.6 Å². The molecule has 1 aromatic rings. The van der Waals surface area contributed by atoms with E-state index in [1.54, 1.807) is 0 Å². The lowest BCUT2D eigenvalue weighted by Gasteiger charge is -2.34. The number of hydrogen-bond acceptors (Lipinski definition) is 2. The average molecular weight is 239 g/mol. The Hall–Kier alpha value is -0.760. The van der Waals surface area contributed by atoms with Gasteiger partial charge in [0.2, 0.25) is 0 Å². The summed E-state index contributed by atoms with van der Waals surface area (Å²) in [6.45, 7) is 4.61. The quantitative estimate of drug-likeness (QED) is 0.750. The standard InChI is InChI=1S/C13H19ClN2/c1-2-11-4-7-16(8-5-11)13-3-6-15-10-12(13)9-14/h3,6,10-11H,2,4-5,7-9H2,1H3. The van der Waals surface area contributed by atoms with Crippen LogP contribution in [-0.4, -0.2) is 18.1 Å². The molecule has 1 aromatic heterocycles. The van der Waals surface area contributed by atoms with Crippen molar-refractivity contribution < 1.29 is 0 Å². The van der Waals surface area contributed by atoms with E-state index in [1.807, 2.05) is 12.4 Å². The van der Waals surface area contributed by atoms with Gasteiger partial charge in [0.1, 0.15) is 0 Å². The Morgan fingerprint density at radius 3 is 2.81 bits per heavy atom. The van der Waals surface area contributed by atoms with Gasteiger partial charge in [-0.15, -0.1) is 11.6 Å². The highest BCUT2D eigenvalue weighted by Gasteiger charge is 2.19. The van der Waals surface area contributed by atoms with Crippen molar-refractivity contribution in [1.82, 2.24) is 4.98 Å². The minimum absolute atomic E-state index is 0.552. The minimum atomic E-state index is 0.552. The first kappa shape index (κ1) is 11.7. The Bertz CT molecular complexity index is 332. The van der Waals surface area contributed by atoms with E-state index in [0.717, 1.165) is 24.6 Å². The number of piperidine rings is 1. The molecular formula is C13H19ClN2. The molecule has 0 atom stereocenters. The Balaban J connectivity index is 2.07. The highest BCUT2D eigenvalue weighted by atomic mass is 35.5. The van der Waals surface area contributed by atoms with Crippen LogP contribution in [0.4, 0.5) is 5.69 Å². The normalized spacial score (nSPS) is 17.8. The van der Waals surface area contributed by atoms with Crippen LogP contribution in [-0.2, 0) is 5.88 Å². The summed E-state index contributed by atoms with van der Waals surface area (Å²) in [5, 5.41) is 0. The highest BCUT2D eigenvalue weighted by Crippen LogP contribution is 2.27. The van der Waals surface area contributed by atoms with Crippen LogP contribution in [0.15, 0.2) is 18.5 Å². The van der Waals surface area contributed by atoms with Crippen molar-refractivity contribution in [2.45, 2.75) is 32.1 Å². The lowest BCUT2D eigenvalue weighted by atomic mass is 9.94. The van der Waals surface area contributed by atoms with Crippen molar-refractivity contribution in [3.05, 3.63) is 24.0 Å². The van der Waals surface area contributed by atoms with Gasteiger partial charge in [-0.2, -0.15) is 0 Å². The van der Waals surface area contributed by atoms with Crippen molar-refractivity contribution in [2.24, 2.45) is 5.92 Å². The fraction of sp³-hybridized carbons (Fsp3) is 0.615. The van der Waals surface area contributed by atoms with Crippen molar-refractivity contribution >= 4 is 17.3 Å². The van der Waals surface area contributed by atoms with E-state index in [9.17, 15) is 0 Å². The van der Waals surface area contributed by atoms with Crippen LogP contribution < -0.4 is 4.90 Å². The van der Waals surface area contributed by atoms with Crippen LogP contribution in [0.1, 0.15) is 31.7 Å². The van der Waals surface area contributed by atoms with E-state index in [2.05, 4.69) is 22.9 Å². The molecule has 2 heterocycles. The van der Waals surface area contributed by atoms with Crippen LogP contribution in [0.5, 0.6) is 0 Å². The predicted octanol–water partition coefficient (Wildman–Crippen LogP) is 3.45. The summed E-state index contributed by atoms with van der Waals surface area (Å²) in [4.78, 5) is 6.58. The summed E-state index contributed by atoms with van der Waals surface area (Å²) in [5.41, 5.74) is 2.43. The van der Waals surface area contributed by atoms with E-state index in [4.69, 9.17) is 11.6 Å². The lowest BCUT2D eigenvalue weighted by molar-refractivity contribution is 0.395. The summed E-state index contributed by atoms with van der Waals surface area (Å²) in [6.07, 6.45) is 7.67. The third-order valence-corrected chi connectivity index (χ3v) is 3.84. The van der Waals surface area contributed by atoms with Gasteiger partial charge in [0, 0.05) is 36.7 Å². The number of anilines is 1. The second-order valence-corrected chi connectivity index (χ2v) is 4.74. The average Bonchev–Trinajstić information content (AvgIpc) is 2.39. The molecule has 0 radical (unpaired) electrons. The number of nitrogens with zero attached hydrogens (tertiary/aromatic N) is 2. The molecule has 2 nitrogen and oxygen atoms in total. The zero-order valence-electron chi connectivity index (χ0n) is 9.82. The van der Waals surface area contributed by atoms with Crippen LogP contribution in [0.25, 0.3) is 0 Å². The van der Waals surface area contributed by atoms with Gasteiger partial charge in [-0.3, -0.25) is 4.98 Å². The molecule has 0 unspecified atom stereocenters. The second kappa shape index (κ2) is 5.53. The Kier molecular flexibility index (Phi) is 4.05. The molecule has 3 heteroatoms. The molecule has 0 amide bonds. The molecule has 0 saturated carbocycles. The van der Waals surface area contributed by atoms with Crippen molar-refractivity contribution in [2.75, 3.05) is 18.0 Å². The molecular weight excluding hydrogens is 220 g/mol. The molecule has 0 aromatic carbocycles. The first-order valence-electron chi connectivity index (χ1n) is 6.09. The first-order valence-corrected chi connectivity index (χ1v) is 6.62. The second-order valence-electron chi connectivity index (χ2n) is 4.48. The number of alkyl halides is 1. The van der Waals surface area contributed by atoms with E-state index < -0.39 is 0 Å². The van der Waals surface area contributed by atoms with E-state index in [1.165, 1.54) is 24.9 Å². The minimum Gasteiger partial charge on any atom is -0.371 e. The third kappa shape index (κ3) is 2.49. The molecule has 0 N–H and O–H groups in total. The molecule has 2 rings (SSSR count). The van der Waals surface area contributed by atoms with Crippen LogP contribution in [0.3, 0.4) is 0 Å². The maximum absolute atomic E-state index is 5.94. The molecule has 1 aliphatic rings. The van der Waals surface area contributed by atoms with Gasteiger partial charge in [0.15, 0.2) is 0 Å². The third-order valence-electron chi connectivity index (χ3n) is 3.55. The Morgan fingerprint density at radius 1 is 1.44 bits per heavy atom. The number of aromatic nitrogens is 1. The monoisotopic (exact) mass is 238 g/mol. The molecule has 0 spiro atoms. The highest BCUT2D eigenvalue weighted by molar-refractivity contribution is 6.17. The Labute approximate surface area is 103 Å². The lowest BCUT2D eigenvalue weighted by Crippen LogP contribution is -2.34. The molecule has 0 aliphatic carbocycles. The van der Waals surface area contributed by atoms with Gasteiger partial charge >= 0.3 is 0 Å². The maximum atomic E-state index is 5.94. The largest absolute Gasteiger partial charge is 0.371 e. The van der Waals surface area contributed by atoms with Crippen LogP contribution in [0, 0.1) is 5.92 Å². The summed E-state index contributed by atoms with van der Waals surface area (Å²) in [5.74, 6) is 1.47. The number of pyridine rings is 1. The zero-order chi connectivity index (χ0) is 11.4. The summed E-state index contributed by atoms with van der Waals surface area (Å²) in [6, 6.07) is 2.09. The van der Waals surface area contributed by atoms with Crippen molar-refractivity contribution in [1.29, 1.82) is 0 Å². The van der Waals surface area contributed by atoms with E-state index in [0.29, 0.717) is 5.88 Å². The molecule has 88 valence electrons. The Morgan fingerprint density at radius 2 is 2.19 bits per heavy atom. The maximum Gasteiger partial charge on any atom is 0.0509 e. The smallest absolute Gasteiger partial charge is 0.0509 e. The fourth-order valence-corrected chi connectivity index (χ4v) is 2.62. The predicted molar refractivity (Wildman–Crippen MR) is 69.0 cm³/mol. The number of halogens is 1. The van der Waals surface area contributed by atoms with Crippen molar-refractivity contribution in [3.8, 4) is 0 Å². The topological polar surface area (TPSA) is 16.1 Å². The molecule has 16 heavy (non-hydrogen) atoms. The summed E-state index contributed by atoms with van der Waals surface area (Å²) >= 11 is 5.94. The molecule has 0 bridgehead atoms. The van der Waals surface area contributed by atoms with Gasteiger partial charge in [-0.05, 0) is 24.8 Å². The van der Waals surface area contributed by atoms with Crippen molar-refractivity contribution in [3.63, 3.8) is 0 Å². The van der Waals surface area contributed by atoms with Gasteiger partial charge < -0.3 is 4.90 Å². The fourth-order valence-electron chi connectivity index (χ4n) is 2.41. The van der Waals surface area contributed by atoms with Crippen LogP contribution in [0.2, 0.25) is 0 Å². The summed E-state index contributed by atoms with van der Waals surface area (Å²) in [7, 11) is 0. The molecule has 1 aliphatic heterocycles.